The van der Waals surface area contributed by atoms with Crippen molar-refractivity contribution in [2.75, 3.05) is 18.0 Å². The molecular weight excluding hydrogens is 334 g/mol. The lowest BCUT2D eigenvalue weighted by Crippen LogP contribution is -2.45. The zero-order valence-electron chi connectivity index (χ0n) is 14.4. The largest absolute Gasteiger partial charge is 0.356 e. The highest BCUT2D eigenvalue weighted by Gasteiger charge is 2.24. The van der Waals surface area contributed by atoms with E-state index in [1.807, 2.05) is 26.2 Å². The Balaban J connectivity index is 1.40. The van der Waals surface area contributed by atoms with Gasteiger partial charge in [-0.15, -0.1) is 11.3 Å². The van der Waals surface area contributed by atoms with Gasteiger partial charge >= 0.3 is 0 Å². The molecule has 1 fully saturated rings. The van der Waals surface area contributed by atoms with Crippen molar-refractivity contribution in [3.8, 4) is 0 Å². The number of aromatic nitrogens is 3. The molecule has 3 aromatic rings. The number of nitrogens with zero attached hydrogens (tertiary/aromatic N) is 4. The highest BCUT2D eigenvalue weighted by atomic mass is 32.1. The van der Waals surface area contributed by atoms with Crippen molar-refractivity contribution < 1.29 is 4.79 Å². The molecule has 130 valence electrons. The van der Waals surface area contributed by atoms with Gasteiger partial charge in [-0.3, -0.25) is 9.48 Å². The van der Waals surface area contributed by atoms with E-state index in [1.165, 1.54) is 10.1 Å². The Kier molecular flexibility index (Phi) is 4.17. The molecule has 7 heteroatoms. The fraction of sp³-hybridized carbons (Fsp3) is 0.389. The van der Waals surface area contributed by atoms with Crippen molar-refractivity contribution in [3.05, 3.63) is 41.2 Å². The van der Waals surface area contributed by atoms with Crippen LogP contribution >= 0.6 is 11.3 Å². The third kappa shape index (κ3) is 3.11. The zero-order chi connectivity index (χ0) is 17.4. The monoisotopic (exact) mass is 355 g/mol. The van der Waals surface area contributed by atoms with Crippen LogP contribution in [-0.2, 0) is 7.05 Å². The molecule has 1 N–H and O–H groups in total. The number of pyridine rings is 1. The van der Waals surface area contributed by atoms with Crippen molar-refractivity contribution in [2.24, 2.45) is 7.05 Å². The Morgan fingerprint density at radius 1 is 1.32 bits per heavy atom. The summed E-state index contributed by atoms with van der Waals surface area (Å²) in [5.41, 5.74) is 1.47. The second-order valence-corrected chi connectivity index (χ2v) is 7.44. The molecule has 1 aliphatic heterocycles. The van der Waals surface area contributed by atoms with Gasteiger partial charge in [-0.1, -0.05) is 0 Å². The smallest absolute Gasteiger partial charge is 0.272 e. The Morgan fingerprint density at radius 2 is 2.12 bits per heavy atom. The van der Waals surface area contributed by atoms with Gasteiger partial charge in [0.25, 0.3) is 5.91 Å². The van der Waals surface area contributed by atoms with Crippen LogP contribution in [-0.4, -0.2) is 39.8 Å². The van der Waals surface area contributed by atoms with Crippen LogP contribution in [0.4, 0.5) is 5.82 Å². The Morgan fingerprint density at radius 3 is 2.84 bits per heavy atom. The topological polar surface area (TPSA) is 63.1 Å². The average molecular weight is 355 g/mol. The molecule has 1 saturated heterocycles. The Bertz CT molecular complexity index is 888. The first-order chi connectivity index (χ1) is 12.1. The van der Waals surface area contributed by atoms with Gasteiger partial charge < -0.3 is 10.2 Å². The first kappa shape index (κ1) is 16.1. The molecule has 3 aromatic heterocycles. The van der Waals surface area contributed by atoms with Crippen LogP contribution < -0.4 is 10.2 Å². The first-order valence-electron chi connectivity index (χ1n) is 8.50. The predicted molar refractivity (Wildman–Crippen MR) is 100 cm³/mol. The van der Waals surface area contributed by atoms with Gasteiger partial charge in [-0.2, -0.15) is 5.10 Å². The average Bonchev–Trinajstić information content (AvgIpc) is 3.22. The van der Waals surface area contributed by atoms with Crippen LogP contribution in [0.25, 0.3) is 10.1 Å². The maximum atomic E-state index is 12.4. The van der Waals surface area contributed by atoms with E-state index in [1.54, 1.807) is 16.0 Å². The molecule has 6 nitrogen and oxygen atoms in total. The van der Waals surface area contributed by atoms with E-state index in [0.717, 1.165) is 37.4 Å². The summed E-state index contributed by atoms with van der Waals surface area (Å²) in [7, 11) is 1.85. The summed E-state index contributed by atoms with van der Waals surface area (Å²) in [5, 5.41) is 10.7. The molecule has 0 atom stereocenters. The molecule has 4 heterocycles. The minimum Gasteiger partial charge on any atom is -0.356 e. The summed E-state index contributed by atoms with van der Waals surface area (Å²) >= 11 is 1.74. The number of rotatable bonds is 3. The van der Waals surface area contributed by atoms with E-state index in [4.69, 9.17) is 0 Å². The SMILES string of the molecule is Cc1cc(C(=O)NC2CCN(c3nccc4sccc34)CC2)nn1C. The number of piperidine rings is 1. The summed E-state index contributed by atoms with van der Waals surface area (Å²) in [4.78, 5) is 19.3. The van der Waals surface area contributed by atoms with Gasteiger partial charge in [0.2, 0.25) is 0 Å². The predicted octanol–water partition coefficient (Wildman–Crippen LogP) is 2.74. The Labute approximate surface area is 150 Å². The molecule has 25 heavy (non-hydrogen) atoms. The minimum atomic E-state index is -0.0831. The van der Waals surface area contributed by atoms with Gasteiger partial charge in [0.05, 0.1) is 0 Å². The highest BCUT2D eigenvalue weighted by Crippen LogP contribution is 2.30. The number of thiophene rings is 1. The van der Waals surface area contributed by atoms with Crippen molar-refractivity contribution >= 4 is 33.1 Å². The van der Waals surface area contributed by atoms with E-state index in [9.17, 15) is 4.79 Å². The second-order valence-electron chi connectivity index (χ2n) is 6.50. The molecule has 1 aliphatic rings. The Hall–Kier alpha value is -2.41. The number of aryl methyl sites for hydroxylation is 2. The van der Waals surface area contributed by atoms with Gasteiger partial charge in [0.15, 0.2) is 0 Å². The van der Waals surface area contributed by atoms with Gasteiger partial charge in [-0.25, -0.2) is 4.98 Å². The number of fused-ring (bicyclic) bond motifs is 1. The van der Waals surface area contributed by atoms with Crippen molar-refractivity contribution in [1.82, 2.24) is 20.1 Å². The number of hydrogen-bond donors (Lipinski definition) is 1. The van der Waals surface area contributed by atoms with E-state index < -0.39 is 0 Å². The molecule has 0 spiro atoms. The maximum Gasteiger partial charge on any atom is 0.272 e. The number of carbonyl (C=O) groups excluding carboxylic acids is 1. The fourth-order valence-electron chi connectivity index (χ4n) is 3.30. The normalized spacial score (nSPS) is 15.7. The molecule has 0 saturated carbocycles. The molecule has 0 unspecified atom stereocenters. The molecule has 0 aliphatic carbocycles. The third-order valence-corrected chi connectivity index (χ3v) is 5.72. The summed E-state index contributed by atoms with van der Waals surface area (Å²) in [6.07, 6.45) is 3.71. The van der Waals surface area contributed by atoms with E-state index in [2.05, 4.69) is 37.8 Å². The molecule has 0 aromatic carbocycles. The highest BCUT2D eigenvalue weighted by molar-refractivity contribution is 7.17. The van der Waals surface area contributed by atoms with E-state index in [0.29, 0.717) is 5.69 Å². The maximum absolute atomic E-state index is 12.4. The summed E-state index contributed by atoms with van der Waals surface area (Å²) in [6, 6.07) is 6.21. The molecular formula is C18H21N5OS. The van der Waals surface area contributed by atoms with Gasteiger partial charge in [0.1, 0.15) is 11.5 Å². The molecule has 1 amide bonds. The summed E-state index contributed by atoms with van der Waals surface area (Å²) < 4.78 is 3.00. The molecule has 0 bridgehead atoms. The number of nitrogens with one attached hydrogen (secondary N) is 1. The summed E-state index contributed by atoms with van der Waals surface area (Å²) in [6.45, 7) is 3.74. The lowest BCUT2D eigenvalue weighted by atomic mass is 10.0. The van der Waals surface area contributed by atoms with Gasteiger partial charge in [0, 0.05) is 48.2 Å². The van der Waals surface area contributed by atoms with Crippen molar-refractivity contribution in [3.63, 3.8) is 0 Å². The van der Waals surface area contributed by atoms with E-state index in [-0.39, 0.29) is 11.9 Å². The van der Waals surface area contributed by atoms with Crippen LogP contribution in [0.3, 0.4) is 0 Å². The number of anilines is 1. The lowest BCUT2D eigenvalue weighted by Gasteiger charge is -2.33. The lowest BCUT2D eigenvalue weighted by molar-refractivity contribution is 0.0925. The van der Waals surface area contributed by atoms with Crippen LogP contribution in [0.15, 0.2) is 29.8 Å². The zero-order valence-corrected chi connectivity index (χ0v) is 15.2. The minimum absolute atomic E-state index is 0.0831. The fourth-order valence-corrected chi connectivity index (χ4v) is 4.07. The summed E-state index contributed by atoms with van der Waals surface area (Å²) in [5.74, 6) is 0.976. The first-order valence-corrected chi connectivity index (χ1v) is 9.38. The van der Waals surface area contributed by atoms with Crippen molar-refractivity contribution in [1.29, 1.82) is 0 Å². The quantitative estimate of drug-likeness (QED) is 0.785. The van der Waals surface area contributed by atoms with Crippen molar-refractivity contribution in [2.45, 2.75) is 25.8 Å². The van der Waals surface area contributed by atoms with Crippen LogP contribution in [0.2, 0.25) is 0 Å². The number of hydrogen-bond acceptors (Lipinski definition) is 5. The van der Waals surface area contributed by atoms with Crippen LogP contribution in [0, 0.1) is 6.92 Å². The van der Waals surface area contributed by atoms with Crippen LogP contribution in [0.1, 0.15) is 29.0 Å². The third-order valence-electron chi connectivity index (χ3n) is 4.83. The molecule has 0 radical (unpaired) electrons. The van der Waals surface area contributed by atoms with E-state index >= 15 is 0 Å². The number of carbonyl (C=O) groups is 1. The molecule has 4 rings (SSSR count). The number of amides is 1. The second kappa shape index (κ2) is 6.48. The van der Waals surface area contributed by atoms with Gasteiger partial charge in [-0.05, 0) is 43.3 Å². The standard InChI is InChI=1S/C18H21N5OS/c1-12-11-15(21-22(12)2)18(24)20-13-4-8-23(9-5-13)17-14-6-10-25-16(14)3-7-19-17/h3,6-7,10-11,13H,4-5,8-9H2,1-2H3,(H,20,24). The van der Waals surface area contributed by atoms with Crippen LogP contribution in [0.5, 0.6) is 0 Å².